The lowest BCUT2D eigenvalue weighted by Crippen LogP contribution is -2.25. The molecule has 0 spiro atoms. The summed E-state index contributed by atoms with van der Waals surface area (Å²) in [6.07, 6.45) is -0.406. The van der Waals surface area contributed by atoms with E-state index in [1.54, 1.807) is 6.07 Å². The van der Waals surface area contributed by atoms with Crippen molar-refractivity contribution in [2.24, 2.45) is 11.8 Å². The van der Waals surface area contributed by atoms with Crippen LogP contribution in [-0.2, 0) is 0 Å². The molecular weight excluding hydrogens is 230 g/mol. The van der Waals surface area contributed by atoms with Crippen molar-refractivity contribution in [3.63, 3.8) is 0 Å². The van der Waals surface area contributed by atoms with Crippen LogP contribution in [0.3, 0.4) is 0 Å². The highest BCUT2D eigenvalue weighted by molar-refractivity contribution is 5.47. The molecular formula is C12H23N5O. The Balaban J connectivity index is 2.78. The second-order valence-electron chi connectivity index (χ2n) is 4.99. The highest BCUT2D eigenvalue weighted by Crippen LogP contribution is 2.16. The van der Waals surface area contributed by atoms with E-state index in [0.29, 0.717) is 24.0 Å². The van der Waals surface area contributed by atoms with Crippen LogP contribution in [0.1, 0.15) is 39.4 Å². The first kappa shape index (κ1) is 14.7. The van der Waals surface area contributed by atoms with Gasteiger partial charge in [0.2, 0.25) is 0 Å². The van der Waals surface area contributed by atoms with Crippen LogP contribution in [-0.4, -0.2) is 27.7 Å². The Labute approximate surface area is 108 Å². The summed E-state index contributed by atoms with van der Waals surface area (Å²) in [5, 5.41) is 12.8. The van der Waals surface area contributed by atoms with E-state index in [-0.39, 0.29) is 11.8 Å². The number of nitrogens with zero attached hydrogens (tertiary/aromatic N) is 2. The van der Waals surface area contributed by atoms with Gasteiger partial charge in [-0.25, -0.2) is 15.8 Å². The zero-order valence-electron chi connectivity index (χ0n) is 11.4. The molecule has 0 aromatic carbocycles. The first-order chi connectivity index (χ1) is 8.43. The van der Waals surface area contributed by atoms with E-state index in [2.05, 4.69) is 20.7 Å². The molecule has 102 valence electrons. The number of hydrogen-bond acceptors (Lipinski definition) is 6. The summed E-state index contributed by atoms with van der Waals surface area (Å²) in [6.45, 7) is 8.43. The maximum atomic E-state index is 9.75. The van der Waals surface area contributed by atoms with Crippen LogP contribution in [0.4, 0.5) is 11.6 Å². The average Bonchev–Trinajstić information content (AvgIpc) is 2.35. The largest absolute Gasteiger partial charge is 0.391 e. The molecule has 6 nitrogen and oxygen atoms in total. The second kappa shape index (κ2) is 6.51. The highest BCUT2D eigenvalue weighted by atomic mass is 16.3. The standard InChI is InChI=1S/C12H23N5O/c1-7(2)9(18)6-14-10-5-11(17-13)16-12(15-10)8(3)4/h5,7-9,18H,6,13H2,1-4H3,(H2,14,15,16,17). The van der Waals surface area contributed by atoms with E-state index in [9.17, 15) is 5.11 Å². The van der Waals surface area contributed by atoms with Gasteiger partial charge in [-0.3, -0.25) is 0 Å². The molecule has 0 aliphatic carbocycles. The maximum Gasteiger partial charge on any atom is 0.145 e. The molecule has 1 unspecified atom stereocenters. The first-order valence-corrected chi connectivity index (χ1v) is 6.21. The lowest BCUT2D eigenvalue weighted by molar-refractivity contribution is 0.138. The molecule has 1 aromatic rings. The number of nitrogen functional groups attached to an aromatic ring is 1. The van der Waals surface area contributed by atoms with E-state index in [1.807, 2.05) is 27.7 Å². The van der Waals surface area contributed by atoms with Gasteiger partial charge in [-0.05, 0) is 5.92 Å². The van der Waals surface area contributed by atoms with Gasteiger partial charge in [0.1, 0.15) is 17.5 Å². The Kier molecular flexibility index (Phi) is 5.30. The van der Waals surface area contributed by atoms with E-state index in [0.717, 1.165) is 0 Å². The van der Waals surface area contributed by atoms with Gasteiger partial charge in [0.25, 0.3) is 0 Å². The van der Waals surface area contributed by atoms with Gasteiger partial charge in [-0.1, -0.05) is 27.7 Å². The molecule has 6 heteroatoms. The quantitative estimate of drug-likeness (QED) is 0.451. The maximum absolute atomic E-state index is 9.75. The van der Waals surface area contributed by atoms with Gasteiger partial charge < -0.3 is 15.8 Å². The average molecular weight is 253 g/mol. The van der Waals surface area contributed by atoms with Gasteiger partial charge in [0.15, 0.2) is 0 Å². The molecule has 0 amide bonds. The van der Waals surface area contributed by atoms with Crippen molar-refractivity contribution >= 4 is 11.6 Å². The second-order valence-corrected chi connectivity index (χ2v) is 4.99. The third-order valence-electron chi connectivity index (χ3n) is 2.67. The number of anilines is 2. The fourth-order valence-corrected chi connectivity index (χ4v) is 1.33. The monoisotopic (exact) mass is 253 g/mol. The van der Waals surface area contributed by atoms with E-state index in [1.165, 1.54) is 0 Å². The minimum absolute atomic E-state index is 0.205. The van der Waals surface area contributed by atoms with Crippen LogP contribution in [0.2, 0.25) is 0 Å². The molecule has 0 aliphatic rings. The zero-order chi connectivity index (χ0) is 13.7. The summed E-state index contributed by atoms with van der Waals surface area (Å²) >= 11 is 0. The van der Waals surface area contributed by atoms with Crippen molar-refractivity contribution in [2.45, 2.75) is 39.7 Å². The molecule has 1 heterocycles. The third-order valence-corrected chi connectivity index (χ3v) is 2.67. The van der Waals surface area contributed by atoms with Crippen LogP contribution in [0.25, 0.3) is 0 Å². The lowest BCUT2D eigenvalue weighted by Gasteiger charge is -2.16. The molecule has 0 saturated heterocycles. The number of hydrazine groups is 1. The molecule has 5 N–H and O–H groups in total. The van der Waals surface area contributed by atoms with E-state index < -0.39 is 6.10 Å². The number of hydrogen-bond donors (Lipinski definition) is 4. The van der Waals surface area contributed by atoms with Crippen molar-refractivity contribution in [3.8, 4) is 0 Å². The Bertz CT molecular complexity index is 381. The van der Waals surface area contributed by atoms with E-state index in [4.69, 9.17) is 5.84 Å². The van der Waals surface area contributed by atoms with Gasteiger partial charge in [-0.2, -0.15) is 0 Å². The summed E-state index contributed by atoms with van der Waals surface area (Å²) in [6, 6.07) is 1.72. The molecule has 0 bridgehead atoms. The number of nitrogens with two attached hydrogens (primary N) is 1. The summed E-state index contributed by atoms with van der Waals surface area (Å²) in [4.78, 5) is 8.65. The summed E-state index contributed by atoms with van der Waals surface area (Å²) < 4.78 is 0. The minimum Gasteiger partial charge on any atom is -0.391 e. The molecule has 0 saturated carbocycles. The fourth-order valence-electron chi connectivity index (χ4n) is 1.33. The van der Waals surface area contributed by atoms with Crippen molar-refractivity contribution < 1.29 is 5.11 Å². The van der Waals surface area contributed by atoms with Crippen molar-refractivity contribution in [3.05, 3.63) is 11.9 Å². The number of nitrogens with one attached hydrogen (secondary N) is 2. The predicted octanol–water partition coefficient (Wildman–Crippen LogP) is 1.31. The molecule has 0 radical (unpaired) electrons. The number of aliphatic hydroxyl groups excluding tert-OH is 1. The van der Waals surface area contributed by atoms with Gasteiger partial charge in [0, 0.05) is 18.5 Å². The normalized spacial score (nSPS) is 12.9. The zero-order valence-corrected chi connectivity index (χ0v) is 11.4. The molecule has 1 rings (SSSR count). The third kappa shape index (κ3) is 4.12. The molecule has 1 atom stereocenters. The smallest absolute Gasteiger partial charge is 0.145 e. The van der Waals surface area contributed by atoms with Crippen molar-refractivity contribution in [1.29, 1.82) is 0 Å². The Hall–Kier alpha value is -1.40. The topological polar surface area (TPSA) is 96.1 Å². The fraction of sp³-hybridized carbons (Fsp3) is 0.667. The Morgan fingerprint density at radius 2 is 1.83 bits per heavy atom. The van der Waals surface area contributed by atoms with Crippen molar-refractivity contribution in [1.82, 2.24) is 9.97 Å². The van der Waals surface area contributed by atoms with Crippen LogP contribution >= 0.6 is 0 Å². The number of aliphatic hydroxyl groups is 1. The SMILES string of the molecule is CC(C)c1nc(NN)cc(NCC(O)C(C)C)n1. The Morgan fingerprint density at radius 1 is 1.22 bits per heavy atom. The molecule has 0 aliphatic heterocycles. The van der Waals surface area contributed by atoms with Crippen LogP contribution < -0.4 is 16.6 Å². The number of rotatable bonds is 6. The lowest BCUT2D eigenvalue weighted by atomic mass is 10.1. The molecule has 0 fully saturated rings. The van der Waals surface area contributed by atoms with Crippen LogP contribution in [0.5, 0.6) is 0 Å². The molecule has 1 aromatic heterocycles. The Morgan fingerprint density at radius 3 is 2.33 bits per heavy atom. The highest BCUT2D eigenvalue weighted by Gasteiger charge is 2.11. The van der Waals surface area contributed by atoms with Crippen molar-refractivity contribution in [2.75, 3.05) is 17.3 Å². The van der Waals surface area contributed by atoms with E-state index >= 15 is 0 Å². The van der Waals surface area contributed by atoms with Gasteiger partial charge in [0.05, 0.1) is 6.10 Å². The van der Waals surface area contributed by atoms with Crippen LogP contribution in [0, 0.1) is 5.92 Å². The summed E-state index contributed by atoms with van der Waals surface area (Å²) in [5.74, 6) is 7.74. The van der Waals surface area contributed by atoms with Gasteiger partial charge >= 0.3 is 0 Å². The van der Waals surface area contributed by atoms with Gasteiger partial charge in [-0.15, -0.1) is 0 Å². The van der Waals surface area contributed by atoms with Crippen LogP contribution in [0.15, 0.2) is 6.07 Å². The number of aromatic nitrogens is 2. The first-order valence-electron chi connectivity index (χ1n) is 6.21. The summed E-state index contributed by atoms with van der Waals surface area (Å²) in [5.41, 5.74) is 2.52. The molecule has 18 heavy (non-hydrogen) atoms. The summed E-state index contributed by atoms with van der Waals surface area (Å²) in [7, 11) is 0. The minimum atomic E-state index is -0.406. The predicted molar refractivity (Wildman–Crippen MR) is 73.3 cm³/mol.